The minimum atomic E-state index is -0.400. The lowest BCUT2D eigenvalue weighted by Crippen LogP contribution is -2.18. The first-order valence-electron chi connectivity index (χ1n) is 7.60. The first-order valence-corrected chi connectivity index (χ1v) is 7.60. The van der Waals surface area contributed by atoms with Gasteiger partial charge < -0.3 is 9.63 Å². The summed E-state index contributed by atoms with van der Waals surface area (Å²) < 4.78 is 5.29. The second kappa shape index (κ2) is 6.51. The predicted octanol–water partition coefficient (Wildman–Crippen LogP) is 3.31. The Morgan fingerprint density at radius 1 is 1.37 bits per heavy atom. The summed E-state index contributed by atoms with van der Waals surface area (Å²) in [6, 6.07) is 0. The summed E-state index contributed by atoms with van der Waals surface area (Å²) in [5, 5.41) is 14.0. The van der Waals surface area contributed by atoms with Crippen molar-refractivity contribution in [3.05, 3.63) is 11.7 Å². The maximum atomic E-state index is 9.85. The van der Waals surface area contributed by atoms with Crippen LogP contribution >= 0.6 is 0 Å². The van der Waals surface area contributed by atoms with Crippen LogP contribution in [-0.2, 0) is 6.42 Å². The molecule has 1 heterocycles. The molecule has 1 aromatic rings. The molecule has 1 aliphatic rings. The van der Waals surface area contributed by atoms with Gasteiger partial charge in [0, 0.05) is 5.92 Å². The monoisotopic (exact) mass is 266 g/mol. The molecule has 0 aromatic carbocycles. The zero-order valence-electron chi connectivity index (χ0n) is 12.3. The van der Waals surface area contributed by atoms with Gasteiger partial charge in [-0.2, -0.15) is 4.98 Å². The summed E-state index contributed by atoms with van der Waals surface area (Å²) in [5.74, 6) is 2.91. The lowest BCUT2D eigenvalue weighted by atomic mass is 9.80. The van der Waals surface area contributed by atoms with Crippen molar-refractivity contribution in [2.45, 2.75) is 71.3 Å². The van der Waals surface area contributed by atoms with Crippen LogP contribution in [0.2, 0.25) is 0 Å². The highest BCUT2D eigenvalue weighted by Crippen LogP contribution is 2.36. The molecule has 1 saturated carbocycles. The van der Waals surface area contributed by atoms with E-state index >= 15 is 0 Å². The Labute approximate surface area is 115 Å². The van der Waals surface area contributed by atoms with E-state index in [2.05, 4.69) is 17.1 Å². The summed E-state index contributed by atoms with van der Waals surface area (Å²) in [5.41, 5.74) is 0. The van der Waals surface area contributed by atoms with Gasteiger partial charge in [0.05, 0.1) is 12.5 Å². The van der Waals surface area contributed by atoms with Gasteiger partial charge in [0.25, 0.3) is 0 Å². The number of hydrogen-bond donors (Lipinski definition) is 1. The number of rotatable bonds is 5. The van der Waals surface area contributed by atoms with Crippen LogP contribution in [0.3, 0.4) is 0 Å². The van der Waals surface area contributed by atoms with Crippen LogP contribution in [0.5, 0.6) is 0 Å². The zero-order valence-corrected chi connectivity index (χ0v) is 12.3. The quantitative estimate of drug-likeness (QED) is 0.888. The molecule has 0 aliphatic heterocycles. The van der Waals surface area contributed by atoms with Gasteiger partial charge in [-0.05, 0) is 24.7 Å². The Morgan fingerprint density at radius 3 is 2.84 bits per heavy atom. The van der Waals surface area contributed by atoms with Crippen LogP contribution in [0.25, 0.3) is 0 Å². The van der Waals surface area contributed by atoms with Crippen LogP contribution in [0, 0.1) is 11.8 Å². The number of nitrogens with zero attached hydrogens (tertiary/aromatic N) is 2. The van der Waals surface area contributed by atoms with E-state index in [4.69, 9.17) is 4.52 Å². The normalized spacial score (nSPS) is 25.7. The molecule has 2 rings (SSSR count). The predicted molar refractivity (Wildman–Crippen MR) is 73.8 cm³/mol. The van der Waals surface area contributed by atoms with Gasteiger partial charge >= 0.3 is 0 Å². The maximum Gasteiger partial charge on any atom is 0.229 e. The molecule has 4 heteroatoms. The van der Waals surface area contributed by atoms with E-state index in [1.165, 1.54) is 32.1 Å². The Balaban J connectivity index is 1.96. The molecule has 0 bridgehead atoms. The summed E-state index contributed by atoms with van der Waals surface area (Å²) >= 11 is 0. The fraction of sp³-hybridized carbons (Fsp3) is 0.867. The van der Waals surface area contributed by atoms with Gasteiger partial charge in [0.2, 0.25) is 5.89 Å². The third-order valence-electron chi connectivity index (χ3n) is 4.36. The van der Waals surface area contributed by atoms with E-state index < -0.39 is 6.10 Å². The van der Waals surface area contributed by atoms with Crippen LogP contribution in [0.4, 0.5) is 0 Å². The number of aromatic nitrogens is 2. The number of aliphatic hydroxyl groups is 1. The molecule has 4 nitrogen and oxygen atoms in total. The average molecular weight is 266 g/mol. The Kier molecular flexibility index (Phi) is 4.97. The smallest absolute Gasteiger partial charge is 0.229 e. The van der Waals surface area contributed by atoms with E-state index in [1.807, 2.05) is 13.8 Å². The molecule has 1 fully saturated rings. The minimum absolute atomic E-state index is 0.217. The topological polar surface area (TPSA) is 59.2 Å². The van der Waals surface area contributed by atoms with E-state index in [0.29, 0.717) is 18.2 Å². The van der Waals surface area contributed by atoms with Crippen LogP contribution < -0.4 is 0 Å². The lowest BCUT2D eigenvalue weighted by molar-refractivity contribution is 0.116. The first-order chi connectivity index (χ1) is 9.10. The van der Waals surface area contributed by atoms with Crippen molar-refractivity contribution in [3.8, 4) is 0 Å². The van der Waals surface area contributed by atoms with E-state index in [9.17, 15) is 5.11 Å². The van der Waals surface area contributed by atoms with Crippen LogP contribution in [0.1, 0.15) is 70.5 Å². The minimum Gasteiger partial charge on any atom is -0.392 e. The molecular weight excluding hydrogens is 240 g/mol. The Morgan fingerprint density at radius 2 is 2.16 bits per heavy atom. The van der Waals surface area contributed by atoms with Gasteiger partial charge in [-0.1, -0.05) is 45.2 Å². The van der Waals surface area contributed by atoms with Gasteiger partial charge in [-0.3, -0.25) is 0 Å². The highest BCUT2D eigenvalue weighted by atomic mass is 16.5. The second-order valence-electron chi connectivity index (χ2n) is 6.20. The van der Waals surface area contributed by atoms with E-state index in [-0.39, 0.29) is 5.92 Å². The van der Waals surface area contributed by atoms with Gasteiger partial charge in [0.1, 0.15) is 0 Å². The van der Waals surface area contributed by atoms with Gasteiger partial charge in [-0.25, -0.2) is 0 Å². The third-order valence-corrected chi connectivity index (χ3v) is 4.36. The highest BCUT2D eigenvalue weighted by Gasteiger charge is 2.26. The maximum absolute atomic E-state index is 9.85. The largest absolute Gasteiger partial charge is 0.392 e. The summed E-state index contributed by atoms with van der Waals surface area (Å²) in [6.45, 7) is 6.25. The van der Waals surface area contributed by atoms with Gasteiger partial charge in [-0.15, -0.1) is 0 Å². The van der Waals surface area contributed by atoms with Gasteiger partial charge in [0.15, 0.2) is 5.82 Å². The molecule has 0 amide bonds. The molecule has 1 N–H and O–H groups in total. The molecule has 0 spiro atoms. The Bertz CT molecular complexity index is 389. The summed E-state index contributed by atoms with van der Waals surface area (Å²) in [7, 11) is 0. The van der Waals surface area contributed by atoms with Crippen molar-refractivity contribution in [1.82, 2.24) is 10.1 Å². The van der Waals surface area contributed by atoms with Crippen molar-refractivity contribution in [2.24, 2.45) is 11.8 Å². The molecule has 1 aliphatic carbocycles. The zero-order chi connectivity index (χ0) is 13.8. The summed E-state index contributed by atoms with van der Waals surface area (Å²) in [6.07, 6.45) is 6.26. The average Bonchev–Trinajstić information content (AvgIpc) is 2.87. The first kappa shape index (κ1) is 14.5. The van der Waals surface area contributed by atoms with Crippen molar-refractivity contribution in [3.63, 3.8) is 0 Å². The molecule has 0 saturated heterocycles. The molecule has 1 aromatic heterocycles. The molecule has 19 heavy (non-hydrogen) atoms. The number of aliphatic hydroxyl groups excluding tert-OH is 1. The fourth-order valence-corrected chi connectivity index (χ4v) is 2.83. The van der Waals surface area contributed by atoms with Crippen molar-refractivity contribution in [1.29, 1.82) is 0 Å². The van der Waals surface area contributed by atoms with Crippen LogP contribution in [0.15, 0.2) is 4.52 Å². The van der Waals surface area contributed by atoms with E-state index in [1.54, 1.807) is 0 Å². The molecule has 3 unspecified atom stereocenters. The number of hydrogen-bond acceptors (Lipinski definition) is 4. The highest BCUT2D eigenvalue weighted by molar-refractivity contribution is 4.98. The molecule has 3 atom stereocenters. The second-order valence-corrected chi connectivity index (χ2v) is 6.20. The molecular formula is C15H26N2O2. The van der Waals surface area contributed by atoms with Crippen LogP contribution in [-0.4, -0.2) is 21.4 Å². The SMILES string of the molecule is CCC1CCCC(c2noc(CC(O)C(C)C)n2)C1. The third kappa shape index (κ3) is 3.78. The van der Waals surface area contributed by atoms with Crippen molar-refractivity contribution >= 4 is 0 Å². The fourth-order valence-electron chi connectivity index (χ4n) is 2.83. The standard InChI is InChI=1S/C15H26N2O2/c1-4-11-6-5-7-12(8-11)15-16-14(19-17-15)9-13(18)10(2)3/h10-13,18H,4-9H2,1-3H3. The molecule has 0 radical (unpaired) electrons. The van der Waals surface area contributed by atoms with E-state index in [0.717, 1.165) is 11.7 Å². The summed E-state index contributed by atoms with van der Waals surface area (Å²) in [4.78, 5) is 4.49. The Hall–Kier alpha value is -0.900. The lowest BCUT2D eigenvalue weighted by Gasteiger charge is -2.26. The van der Waals surface area contributed by atoms with Crippen molar-refractivity contribution in [2.75, 3.05) is 0 Å². The molecule has 108 valence electrons. The van der Waals surface area contributed by atoms with Crippen molar-refractivity contribution < 1.29 is 9.63 Å².